The molecule has 2 nitrogen and oxygen atoms in total. The Labute approximate surface area is 89.9 Å². The van der Waals surface area contributed by atoms with Crippen LogP contribution < -0.4 is 10.6 Å². The average Bonchev–Trinajstić information content (AvgIpc) is 2.08. The Balaban J connectivity index is 2.99. The fraction of sp³-hybridized carbons (Fsp3) is 1.00. The maximum Gasteiger partial charge on any atom is 0.00965 e. The highest BCUT2D eigenvalue weighted by Gasteiger charge is 2.06. The normalized spacial score (nSPS) is 12.0. The van der Waals surface area contributed by atoms with Crippen molar-refractivity contribution >= 4 is 0 Å². The summed E-state index contributed by atoms with van der Waals surface area (Å²) in [5.74, 6) is 0. The van der Waals surface area contributed by atoms with E-state index >= 15 is 0 Å². The third-order valence-electron chi connectivity index (χ3n) is 2.14. The van der Waals surface area contributed by atoms with Crippen LogP contribution in [-0.4, -0.2) is 25.2 Å². The standard InChI is InChI=1S/C12H28N2/c1-5-6-7-9-13-10-8-11-14-12(2,3)4/h13-14H,5-11H2,1-4H3. The van der Waals surface area contributed by atoms with Gasteiger partial charge in [0.25, 0.3) is 0 Å². The Morgan fingerprint density at radius 3 is 2.07 bits per heavy atom. The van der Waals surface area contributed by atoms with Crippen molar-refractivity contribution in [3.8, 4) is 0 Å². The van der Waals surface area contributed by atoms with Crippen molar-refractivity contribution in [1.29, 1.82) is 0 Å². The highest BCUT2D eigenvalue weighted by atomic mass is 14.9. The fourth-order valence-electron chi connectivity index (χ4n) is 1.30. The molecule has 0 spiro atoms. The van der Waals surface area contributed by atoms with E-state index in [2.05, 4.69) is 38.3 Å². The maximum absolute atomic E-state index is 3.48. The monoisotopic (exact) mass is 200 g/mol. The predicted molar refractivity (Wildman–Crippen MR) is 64.8 cm³/mol. The Hall–Kier alpha value is -0.0800. The smallest absolute Gasteiger partial charge is 0.00965 e. The molecule has 0 saturated carbocycles. The van der Waals surface area contributed by atoms with E-state index in [-0.39, 0.29) is 5.54 Å². The lowest BCUT2D eigenvalue weighted by Gasteiger charge is -2.20. The third-order valence-corrected chi connectivity index (χ3v) is 2.14. The SMILES string of the molecule is CCCCCNCCCNC(C)(C)C. The van der Waals surface area contributed by atoms with Crippen LogP contribution in [0.3, 0.4) is 0 Å². The zero-order valence-electron chi connectivity index (χ0n) is 10.4. The van der Waals surface area contributed by atoms with Gasteiger partial charge in [-0.15, -0.1) is 0 Å². The molecule has 0 aromatic carbocycles. The van der Waals surface area contributed by atoms with Gasteiger partial charge < -0.3 is 10.6 Å². The maximum atomic E-state index is 3.48. The van der Waals surface area contributed by atoms with Crippen LogP contribution in [0.1, 0.15) is 53.4 Å². The van der Waals surface area contributed by atoms with Crippen LogP contribution in [0.15, 0.2) is 0 Å². The first-order chi connectivity index (χ1) is 6.56. The Morgan fingerprint density at radius 2 is 1.50 bits per heavy atom. The molecule has 0 aromatic heterocycles. The largest absolute Gasteiger partial charge is 0.317 e. The van der Waals surface area contributed by atoms with E-state index in [0.29, 0.717) is 0 Å². The lowest BCUT2D eigenvalue weighted by atomic mass is 10.1. The molecule has 0 amide bonds. The van der Waals surface area contributed by atoms with Gasteiger partial charge in [-0.05, 0) is 53.2 Å². The highest BCUT2D eigenvalue weighted by molar-refractivity contribution is 4.69. The minimum Gasteiger partial charge on any atom is -0.317 e. The molecule has 0 aromatic rings. The van der Waals surface area contributed by atoms with Crippen molar-refractivity contribution in [1.82, 2.24) is 10.6 Å². The first-order valence-corrected chi connectivity index (χ1v) is 6.02. The van der Waals surface area contributed by atoms with Gasteiger partial charge in [0.1, 0.15) is 0 Å². The predicted octanol–water partition coefficient (Wildman–Crippen LogP) is 2.54. The quantitative estimate of drug-likeness (QED) is 0.588. The number of rotatable bonds is 8. The molecular weight excluding hydrogens is 172 g/mol. The molecular formula is C12H28N2. The molecule has 0 radical (unpaired) electrons. The van der Waals surface area contributed by atoms with Gasteiger partial charge in [-0.2, -0.15) is 0 Å². The summed E-state index contributed by atoms with van der Waals surface area (Å²) in [6.45, 7) is 12.3. The second-order valence-electron chi connectivity index (χ2n) is 4.99. The number of nitrogens with one attached hydrogen (secondary N) is 2. The number of hydrogen-bond acceptors (Lipinski definition) is 2. The molecule has 0 unspecified atom stereocenters. The summed E-state index contributed by atoms with van der Waals surface area (Å²) in [6, 6.07) is 0. The lowest BCUT2D eigenvalue weighted by molar-refractivity contribution is 0.418. The van der Waals surface area contributed by atoms with Crippen molar-refractivity contribution in [3.63, 3.8) is 0 Å². The van der Waals surface area contributed by atoms with E-state index in [1.807, 2.05) is 0 Å². The Morgan fingerprint density at radius 1 is 0.857 bits per heavy atom. The molecule has 0 rings (SSSR count). The molecule has 0 aliphatic carbocycles. The van der Waals surface area contributed by atoms with Gasteiger partial charge in [-0.3, -0.25) is 0 Å². The second kappa shape index (κ2) is 8.25. The minimum absolute atomic E-state index is 0.266. The van der Waals surface area contributed by atoms with Crippen LogP contribution in [0.5, 0.6) is 0 Å². The summed E-state index contributed by atoms with van der Waals surface area (Å²) in [5.41, 5.74) is 0.266. The van der Waals surface area contributed by atoms with Gasteiger partial charge >= 0.3 is 0 Å². The summed E-state index contributed by atoms with van der Waals surface area (Å²) in [4.78, 5) is 0. The van der Waals surface area contributed by atoms with Crippen molar-refractivity contribution in [2.24, 2.45) is 0 Å². The zero-order valence-corrected chi connectivity index (χ0v) is 10.4. The van der Waals surface area contributed by atoms with Gasteiger partial charge in [0, 0.05) is 5.54 Å². The van der Waals surface area contributed by atoms with E-state index in [0.717, 1.165) is 13.1 Å². The summed E-state index contributed by atoms with van der Waals surface area (Å²) in [5, 5.41) is 6.95. The van der Waals surface area contributed by atoms with E-state index in [1.165, 1.54) is 32.2 Å². The molecule has 0 aliphatic rings. The van der Waals surface area contributed by atoms with E-state index in [4.69, 9.17) is 0 Å². The van der Waals surface area contributed by atoms with Gasteiger partial charge in [-0.25, -0.2) is 0 Å². The summed E-state index contributed by atoms with van der Waals surface area (Å²) in [7, 11) is 0. The van der Waals surface area contributed by atoms with Gasteiger partial charge in [0.15, 0.2) is 0 Å². The average molecular weight is 200 g/mol. The first kappa shape index (κ1) is 13.9. The second-order valence-corrected chi connectivity index (χ2v) is 4.99. The highest BCUT2D eigenvalue weighted by Crippen LogP contribution is 1.97. The molecule has 0 aliphatic heterocycles. The minimum atomic E-state index is 0.266. The van der Waals surface area contributed by atoms with Crippen LogP contribution in [0.2, 0.25) is 0 Å². The molecule has 0 atom stereocenters. The Kier molecular flexibility index (Phi) is 8.20. The summed E-state index contributed by atoms with van der Waals surface area (Å²) >= 11 is 0. The fourth-order valence-corrected chi connectivity index (χ4v) is 1.30. The molecule has 0 fully saturated rings. The van der Waals surface area contributed by atoms with Gasteiger partial charge in [0.05, 0.1) is 0 Å². The van der Waals surface area contributed by atoms with Crippen molar-refractivity contribution in [2.45, 2.75) is 58.9 Å². The molecule has 14 heavy (non-hydrogen) atoms. The Bertz CT molecular complexity index is 116. The van der Waals surface area contributed by atoms with E-state index in [9.17, 15) is 0 Å². The van der Waals surface area contributed by atoms with Crippen molar-refractivity contribution in [3.05, 3.63) is 0 Å². The molecule has 2 heteroatoms. The first-order valence-electron chi connectivity index (χ1n) is 6.02. The van der Waals surface area contributed by atoms with Crippen molar-refractivity contribution < 1.29 is 0 Å². The molecule has 0 bridgehead atoms. The summed E-state index contributed by atoms with van der Waals surface area (Å²) < 4.78 is 0. The lowest BCUT2D eigenvalue weighted by Crippen LogP contribution is -2.37. The van der Waals surface area contributed by atoms with Crippen LogP contribution in [-0.2, 0) is 0 Å². The van der Waals surface area contributed by atoms with Crippen LogP contribution in [0, 0.1) is 0 Å². The van der Waals surface area contributed by atoms with E-state index < -0.39 is 0 Å². The summed E-state index contributed by atoms with van der Waals surface area (Å²) in [6.07, 6.45) is 5.22. The molecule has 0 heterocycles. The van der Waals surface area contributed by atoms with Crippen LogP contribution in [0.4, 0.5) is 0 Å². The molecule has 0 saturated heterocycles. The van der Waals surface area contributed by atoms with E-state index in [1.54, 1.807) is 0 Å². The number of hydrogen-bond donors (Lipinski definition) is 2. The van der Waals surface area contributed by atoms with Gasteiger partial charge in [-0.1, -0.05) is 19.8 Å². The number of unbranched alkanes of at least 4 members (excludes halogenated alkanes) is 2. The van der Waals surface area contributed by atoms with Crippen LogP contribution in [0.25, 0.3) is 0 Å². The topological polar surface area (TPSA) is 24.1 Å². The van der Waals surface area contributed by atoms with Crippen molar-refractivity contribution in [2.75, 3.05) is 19.6 Å². The molecule has 86 valence electrons. The van der Waals surface area contributed by atoms with Gasteiger partial charge in [0.2, 0.25) is 0 Å². The zero-order chi connectivity index (χ0) is 10.9. The van der Waals surface area contributed by atoms with Crippen LogP contribution >= 0.6 is 0 Å². The third kappa shape index (κ3) is 11.9. The molecule has 2 N–H and O–H groups in total.